The molecular formula is C27H20BrIN2. The molecule has 0 bridgehead atoms. The van der Waals surface area contributed by atoms with Gasteiger partial charge in [-0.15, -0.1) is 0 Å². The standard InChI is InChI=1S/C27H20BrIN2/c1-19-17-25-23(18-24(19)28)26(29)30-31(25)27(20-11-5-2-6-12-20,21-13-7-3-8-14-21)22-15-9-4-10-16-22/h2-18H,1H3. The lowest BCUT2D eigenvalue weighted by atomic mass is 9.77. The summed E-state index contributed by atoms with van der Waals surface area (Å²) in [7, 11) is 0. The van der Waals surface area contributed by atoms with E-state index in [1.165, 1.54) is 22.3 Å². The van der Waals surface area contributed by atoms with Gasteiger partial charge < -0.3 is 0 Å². The van der Waals surface area contributed by atoms with E-state index in [0.717, 1.165) is 19.1 Å². The topological polar surface area (TPSA) is 17.8 Å². The van der Waals surface area contributed by atoms with Gasteiger partial charge in [0.15, 0.2) is 0 Å². The SMILES string of the molecule is Cc1cc2c(cc1Br)c(I)nn2C(c1ccccc1)(c1ccccc1)c1ccccc1. The van der Waals surface area contributed by atoms with Crippen LogP contribution < -0.4 is 0 Å². The summed E-state index contributed by atoms with van der Waals surface area (Å²) in [5.41, 5.74) is 5.22. The molecule has 4 aromatic carbocycles. The van der Waals surface area contributed by atoms with Gasteiger partial charge in [-0.1, -0.05) is 107 Å². The first-order chi connectivity index (χ1) is 15.1. The van der Waals surface area contributed by atoms with Crippen molar-refractivity contribution in [3.05, 3.63) is 134 Å². The summed E-state index contributed by atoms with van der Waals surface area (Å²) >= 11 is 6.06. The number of nitrogens with zero attached hydrogens (tertiary/aromatic N) is 2. The fraction of sp³-hybridized carbons (Fsp3) is 0.0741. The predicted molar refractivity (Wildman–Crippen MR) is 139 cm³/mol. The molecule has 5 rings (SSSR count). The average molecular weight is 579 g/mol. The van der Waals surface area contributed by atoms with Crippen LogP contribution in [0.25, 0.3) is 10.9 Å². The van der Waals surface area contributed by atoms with Crippen LogP contribution in [0, 0.1) is 10.6 Å². The molecule has 0 fully saturated rings. The van der Waals surface area contributed by atoms with Gasteiger partial charge in [0.05, 0.1) is 5.52 Å². The van der Waals surface area contributed by atoms with Crippen LogP contribution in [0.2, 0.25) is 0 Å². The number of aromatic nitrogens is 2. The van der Waals surface area contributed by atoms with E-state index in [9.17, 15) is 0 Å². The summed E-state index contributed by atoms with van der Waals surface area (Å²) < 4.78 is 4.30. The summed E-state index contributed by atoms with van der Waals surface area (Å²) in [4.78, 5) is 0. The second kappa shape index (κ2) is 8.24. The number of fused-ring (bicyclic) bond motifs is 1. The van der Waals surface area contributed by atoms with Gasteiger partial charge >= 0.3 is 0 Å². The van der Waals surface area contributed by atoms with Crippen LogP contribution in [0.5, 0.6) is 0 Å². The first-order valence-electron chi connectivity index (χ1n) is 10.1. The van der Waals surface area contributed by atoms with Crippen LogP contribution in [0.3, 0.4) is 0 Å². The van der Waals surface area contributed by atoms with Gasteiger partial charge in [0.2, 0.25) is 0 Å². The minimum Gasteiger partial charge on any atom is -0.244 e. The third-order valence-electron chi connectivity index (χ3n) is 5.81. The highest BCUT2D eigenvalue weighted by Crippen LogP contribution is 2.43. The molecule has 31 heavy (non-hydrogen) atoms. The molecule has 0 radical (unpaired) electrons. The fourth-order valence-electron chi connectivity index (χ4n) is 4.36. The number of hydrogen-bond acceptors (Lipinski definition) is 1. The van der Waals surface area contributed by atoms with Crippen LogP contribution >= 0.6 is 38.5 Å². The molecule has 0 saturated carbocycles. The maximum absolute atomic E-state index is 5.16. The van der Waals surface area contributed by atoms with Crippen molar-refractivity contribution in [1.29, 1.82) is 0 Å². The Hall–Kier alpha value is -2.44. The maximum Gasteiger partial charge on any atom is 0.138 e. The van der Waals surface area contributed by atoms with Gasteiger partial charge in [0.25, 0.3) is 0 Å². The Balaban J connectivity index is 1.99. The third-order valence-corrected chi connectivity index (χ3v) is 7.46. The number of hydrogen-bond donors (Lipinski definition) is 0. The second-order valence-corrected chi connectivity index (χ2v) is 9.51. The van der Waals surface area contributed by atoms with Crippen molar-refractivity contribution in [3.8, 4) is 0 Å². The van der Waals surface area contributed by atoms with Gasteiger partial charge in [-0.2, -0.15) is 5.10 Å². The van der Waals surface area contributed by atoms with Crippen molar-refractivity contribution >= 4 is 49.4 Å². The van der Waals surface area contributed by atoms with Crippen LogP contribution in [-0.4, -0.2) is 9.78 Å². The minimum atomic E-state index is -0.605. The molecule has 4 heteroatoms. The molecule has 0 saturated heterocycles. The second-order valence-electron chi connectivity index (χ2n) is 7.63. The fourth-order valence-corrected chi connectivity index (χ4v) is 5.35. The molecule has 0 aliphatic heterocycles. The maximum atomic E-state index is 5.16. The lowest BCUT2D eigenvalue weighted by Crippen LogP contribution is -2.38. The van der Waals surface area contributed by atoms with Gasteiger partial charge in [-0.05, 0) is 63.9 Å². The average Bonchev–Trinajstić information content (AvgIpc) is 3.12. The van der Waals surface area contributed by atoms with Gasteiger partial charge in [0, 0.05) is 9.86 Å². The molecule has 152 valence electrons. The van der Waals surface area contributed by atoms with Crippen molar-refractivity contribution in [1.82, 2.24) is 9.78 Å². The Morgan fingerprint density at radius 1 is 0.742 bits per heavy atom. The predicted octanol–water partition coefficient (Wildman–Crippen LogP) is 7.55. The largest absolute Gasteiger partial charge is 0.244 e. The number of halogens is 2. The molecule has 5 aromatic rings. The summed E-state index contributed by atoms with van der Waals surface area (Å²) in [6.45, 7) is 2.13. The van der Waals surface area contributed by atoms with E-state index in [4.69, 9.17) is 5.10 Å². The van der Waals surface area contributed by atoms with E-state index in [-0.39, 0.29) is 0 Å². The van der Waals surface area contributed by atoms with Crippen molar-refractivity contribution in [2.75, 3.05) is 0 Å². The Morgan fingerprint density at radius 3 is 1.65 bits per heavy atom. The molecule has 0 aliphatic rings. The summed E-state index contributed by atoms with van der Waals surface area (Å²) in [5, 5.41) is 6.30. The van der Waals surface area contributed by atoms with Crippen LogP contribution in [-0.2, 0) is 5.54 Å². The molecule has 0 N–H and O–H groups in total. The Kier molecular flexibility index (Phi) is 5.44. The lowest BCUT2D eigenvalue weighted by molar-refractivity contribution is 0.473. The third kappa shape index (κ3) is 3.33. The van der Waals surface area contributed by atoms with E-state index in [1.807, 2.05) is 0 Å². The molecule has 0 atom stereocenters. The van der Waals surface area contributed by atoms with Gasteiger partial charge in [0.1, 0.15) is 9.24 Å². The van der Waals surface area contributed by atoms with Crippen molar-refractivity contribution in [2.24, 2.45) is 0 Å². The monoisotopic (exact) mass is 578 g/mol. The summed E-state index contributed by atoms with van der Waals surface area (Å²) in [6.07, 6.45) is 0. The van der Waals surface area contributed by atoms with E-state index < -0.39 is 5.54 Å². The molecule has 2 nitrogen and oxygen atoms in total. The molecular weight excluding hydrogens is 559 g/mol. The first-order valence-corrected chi connectivity index (χ1v) is 12.0. The smallest absolute Gasteiger partial charge is 0.138 e. The Morgan fingerprint density at radius 2 is 1.19 bits per heavy atom. The van der Waals surface area contributed by atoms with Crippen LogP contribution in [0.1, 0.15) is 22.3 Å². The van der Waals surface area contributed by atoms with Gasteiger partial charge in [-0.25, -0.2) is 4.68 Å². The van der Waals surface area contributed by atoms with Gasteiger partial charge in [-0.3, -0.25) is 0 Å². The van der Waals surface area contributed by atoms with Crippen LogP contribution in [0.4, 0.5) is 0 Å². The van der Waals surface area contributed by atoms with E-state index in [1.54, 1.807) is 0 Å². The first kappa shape index (κ1) is 20.5. The van der Waals surface area contributed by atoms with E-state index in [0.29, 0.717) is 0 Å². The van der Waals surface area contributed by atoms with E-state index in [2.05, 4.69) is 153 Å². The zero-order chi connectivity index (χ0) is 21.4. The van der Waals surface area contributed by atoms with Crippen molar-refractivity contribution in [2.45, 2.75) is 12.5 Å². The molecule has 1 heterocycles. The minimum absolute atomic E-state index is 0.605. The van der Waals surface area contributed by atoms with Crippen molar-refractivity contribution in [3.63, 3.8) is 0 Å². The van der Waals surface area contributed by atoms with Crippen LogP contribution in [0.15, 0.2) is 108 Å². The number of aryl methyl sites for hydroxylation is 1. The molecule has 0 aliphatic carbocycles. The summed E-state index contributed by atoms with van der Waals surface area (Å²) in [5.74, 6) is 0. The normalized spacial score (nSPS) is 11.7. The molecule has 0 unspecified atom stereocenters. The highest BCUT2D eigenvalue weighted by atomic mass is 127. The summed E-state index contributed by atoms with van der Waals surface area (Å²) in [6, 6.07) is 36.5. The quantitative estimate of drug-likeness (QED) is 0.159. The molecule has 0 amide bonds. The Labute approximate surface area is 204 Å². The number of rotatable bonds is 4. The van der Waals surface area contributed by atoms with Crippen molar-refractivity contribution < 1.29 is 0 Å². The highest BCUT2D eigenvalue weighted by Gasteiger charge is 2.40. The Bertz CT molecular complexity index is 1250. The number of benzene rings is 4. The van der Waals surface area contributed by atoms with E-state index >= 15 is 0 Å². The lowest BCUT2D eigenvalue weighted by Gasteiger charge is -2.37. The highest BCUT2D eigenvalue weighted by molar-refractivity contribution is 14.1. The zero-order valence-electron chi connectivity index (χ0n) is 17.0. The molecule has 0 spiro atoms. The zero-order valence-corrected chi connectivity index (χ0v) is 20.7. The molecule has 1 aromatic heterocycles.